The summed E-state index contributed by atoms with van der Waals surface area (Å²) in [7, 11) is -2.21. The summed E-state index contributed by atoms with van der Waals surface area (Å²) in [5, 5.41) is 3.03. The molecule has 0 spiro atoms. The molecule has 2 atom stereocenters. The number of methoxy groups -OCH3 is 1. The van der Waals surface area contributed by atoms with Gasteiger partial charge in [0.25, 0.3) is 0 Å². The Morgan fingerprint density at radius 2 is 1.93 bits per heavy atom. The van der Waals surface area contributed by atoms with E-state index in [1.165, 1.54) is 7.11 Å². The molecule has 1 N–H and O–H groups in total. The van der Waals surface area contributed by atoms with Crippen LogP contribution in [0.4, 0.5) is 5.69 Å². The third kappa shape index (κ3) is 4.70. The summed E-state index contributed by atoms with van der Waals surface area (Å²) in [5.41, 5.74) is 0.788. The van der Waals surface area contributed by atoms with E-state index in [4.69, 9.17) is 9.47 Å². The first-order valence-corrected chi connectivity index (χ1v) is 11.6. The zero-order chi connectivity index (χ0) is 22.1. The topological polar surface area (TPSA) is 84.9 Å². The van der Waals surface area contributed by atoms with Gasteiger partial charge in [-0.2, -0.15) is 0 Å². The number of rotatable bonds is 6. The highest BCUT2D eigenvalue weighted by Gasteiger charge is 2.36. The lowest BCUT2D eigenvalue weighted by Crippen LogP contribution is -2.50. The standard InChI is InChI=1S/C22H28N2O5S/c1-15(24(30(5,26)27)16-9-8-10-17(13-16)28-4)21(25)23-19-14-22(2,3)29-20-12-7-6-11-18(19)20/h6-13,15,19H,14H2,1-5H3,(H,23,25)/t15-,19-/m1/s1. The number of benzene rings is 2. The Balaban J connectivity index is 1.89. The minimum atomic E-state index is -3.72. The van der Waals surface area contributed by atoms with Gasteiger partial charge in [-0.25, -0.2) is 8.42 Å². The van der Waals surface area contributed by atoms with Gasteiger partial charge in [-0.05, 0) is 39.0 Å². The van der Waals surface area contributed by atoms with Gasteiger partial charge in [-0.1, -0.05) is 24.3 Å². The van der Waals surface area contributed by atoms with E-state index in [9.17, 15) is 13.2 Å². The molecule has 0 fully saturated rings. The third-order valence-electron chi connectivity index (χ3n) is 5.09. The summed E-state index contributed by atoms with van der Waals surface area (Å²) in [6.07, 6.45) is 1.66. The van der Waals surface area contributed by atoms with E-state index in [0.717, 1.165) is 21.9 Å². The maximum absolute atomic E-state index is 13.2. The normalized spacial score (nSPS) is 18.5. The lowest BCUT2D eigenvalue weighted by molar-refractivity contribution is -0.123. The summed E-state index contributed by atoms with van der Waals surface area (Å²) < 4.78 is 37.4. The molecule has 1 aliphatic heterocycles. The molecule has 0 radical (unpaired) electrons. The van der Waals surface area contributed by atoms with Gasteiger partial charge in [0.05, 0.1) is 25.1 Å². The van der Waals surface area contributed by atoms with E-state index >= 15 is 0 Å². The summed E-state index contributed by atoms with van der Waals surface area (Å²) >= 11 is 0. The van der Waals surface area contributed by atoms with E-state index in [1.807, 2.05) is 38.1 Å². The van der Waals surface area contributed by atoms with Gasteiger partial charge >= 0.3 is 0 Å². The first-order valence-electron chi connectivity index (χ1n) is 9.73. The van der Waals surface area contributed by atoms with Crippen molar-refractivity contribution < 1.29 is 22.7 Å². The summed E-state index contributed by atoms with van der Waals surface area (Å²) in [6, 6.07) is 13.0. The minimum Gasteiger partial charge on any atom is -0.497 e. The van der Waals surface area contributed by atoms with Crippen LogP contribution in [-0.4, -0.2) is 39.3 Å². The molecule has 0 aliphatic carbocycles. The van der Waals surface area contributed by atoms with Crippen molar-refractivity contribution in [1.82, 2.24) is 5.32 Å². The smallest absolute Gasteiger partial charge is 0.244 e. The van der Waals surface area contributed by atoms with E-state index < -0.39 is 21.7 Å². The van der Waals surface area contributed by atoms with Gasteiger partial charge in [0, 0.05) is 18.1 Å². The molecule has 7 nitrogen and oxygen atoms in total. The molecule has 162 valence electrons. The van der Waals surface area contributed by atoms with E-state index in [-0.39, 0.29) is 11.9 Å². The molecule has 1 amide bonds. The monoisotopic (exact) mass is 432 g/mol. The molecule has 8 heteroatoms. The number of amides is 1. The number of anilines is 1. The molecule has 0 aromatic heterocycles. The second-order valence-corrected chi connectivity index (χ2v) is 9.96. The van der Waals surface area contributed by atoms with Crippen LogP contribution in [0.3, 0.4) is 0 Å². The van der Waals surface area contributed by atoms with E-state index in [0.29, 0.717) is 17.9 Å². The second kappa shape index (κ2) is 8.18. The Bertz CT molecular complexity index is 1040. The third-order valence-corrected chi connectivity index (χ3v) is 6.33. The van der Waals surface area contributed by atoms with Gasteiger partial charge in [0.2, 0.25) is 15.9 Å². The molecule has 0 unspecified atom stereocenters. The maximum atomic E-state index is 13.2. The number of para-hydroxylation sites is 1. The molecular formula is C22H28N2O5S. The first-order chi connectivity index (χ1) is 14.0. The number of nitrogens with zero attached hydrogens (tertiary/aromatic N) is 1. The second-order valence-electron chi connectivity index (χ2n) is 8.10. The zero-order valence-electron chi connectivity index (χ0n) is 17.9. The molecule has 0 bridgehead atoms. The molecule has 0 saturated heterocycles. The molecule has 2 aromatic rings. The lowest BCUT2D eigenvalue weighted by Gasteiger charge is -2.38. The highest BCUT2D eigenvalue weighted by atomic mass is 32.2. The Labute approximate surface area is 178 Å². The van der Waals surface area contributed by atoms with Crippen LogP contribution in [0.25, 0.3) is 0 Å². The van der Waals surface area contributed by atoms with Crippen molar-refractivity contribution in [1.29, 1.82) is 0 Å². The quantitative estimate of drug-likeness (QED) is 0.757. The predicted octanol–water partition coefficient (Wildman–Crippen LogP) is 3.27. The van der Waals surface area contributed by atoms with Crippen molar-refractivity contribution in [2.45, 2.75) is 44.9 Å². The van der Waals surface area contributed by atoms with Crippen LogP contribution in [0.1, 0.15) is 38.8 Å². The Morgan fingerprint density at radius 3 is 2.60 bits per heavy atom. The number of nitrogens with one attached hydrogen (secondary N) is 1. The van der Waals surface area contributed by atoms with Crippen LogP contribution < -0.4 is 19.1 Å². The average Bonchev–Trinajstić information content (AvgIpc) is 2.66. The number of carbonyl (C=O) groups is 1. The average molecular weight is 433 g/mol. The summed E-state index contributed by atoms with van der Waals surface area (Å²) in [4.78, 5) is 13.2. The molecule has 3 rings (SSSR count). The molecule has 30 heavy (non-hydrogen) atoms. The van der Waals surface area contributed by atoms with Gasteiger partial charge < -0.3 is 14.8 Å². The highest BCUT2D eigenvalue weighted by molar-refractivity contribution is 7.92. The molecule has 2 aromatic carbocycles. The van der Waals surface area contributed by atoms with E-state index in [2.05, 4.69) is 5.32 Å². The van der Waals surface area contributed by atoms with Crippen LogP contribution in [0.2, 0.25) is 0 Å². The minimum absolute atomic E-state index is 0.286. The molecule has 1 heterocycles. The molecular weight excluding hydrogens is 404 g/mol. The van der Waals surface area contributed by atoms with Gasteiger partial charge in [-0.3, -0.25) is 9.10 Å². The van der Waals surface area contributed by atoms with E-state index in [1.54, 1.807) is 31.2 Å². The van der Waals surface area contributed by atoms with Gasteiger partial charge in [-0.15, -0.1) is 0 Å². The number of ether oxygens (including phenoxy) is 2. The number of hydrogen-bond donors (Lipinski definition) is 1. The van der Waals surface area contributed by atoms with Crippen molar-refractivity contribution in [2.24, 2.45) is 0 Å². The van der Waals surface area contributed by atoms with Crippen molar-refractivity contribution >= 4 is 21.6 Å². The zero-order valence-corrected chi connectivity index (χ0v) is 18.7. The Morgan fingerprint density at radius 1 is 1.23 bits per heavy atom. The van der Waals surface area contributed by atoms with Crippen molar-refractivity contribution in [3.63, 3.8) is 0 Å². The fraction of sp³-hybridized carbons (Fsp3) is 0.409. The lowest BCUT2D eigenvalue weighted by atomic mass is 9.89. The SMILES string of the molecule is COc1cccc(N([C@H](C)C(=O)N[C@@H]2CC(C)(C)Oc3ccccc32)S(C)(=O)=O)c1. The number of sulfonamides is 1. The van der Waals surface area contributed by atoms with Crippen molar-refractivity contribution in [2.75, 3.05) is 17.7 Å². The van der Waals surface area contributed by atoms with Crippen LogP contribution in [0.15, 0.2) is 48.5 Å². The predicted molar refractivity (Wildman–Crippen MR) is 116 cm³/mol. The first kappa shape index (κ1) is 22.0. The van der Waals surface area contributed by atoms with Crippen LogP contribution >= 0.6 is 0 Å². The largest absolute Gasteiger partial charge is 0.497 e. The summed E-state index contributed by atoms with van der Waals surface area (Å²) in [5.74, 6) is 0.842. The fourth-order valence-electron chi connectivity index (χ4n) is 3.78. The molecule has 1 aliphatic rings. The molecule has 0 saturated carbocycles. The number of hydrogen-bond acceptors (Lipinski definition) is 5. The van der Waals surface area contributed by atoms with Crippen LogP contribution in [0.5, 0.6) is 11.5 Å². The Kier molecular flexibility index (Phi) is 5.99. The van der Waals surface area contributed by atoms with Crippen LogP contribution in [-0.2, 0) is 14.8 Å². The number of fused-ring (bicyclic) bond motifs is 1. The van der Waals surface area contributed by atoms with Crippen LogP contribution in [0, 0.1) is 0 Å². The highest BCUT2D eigenvalue weighted by Crippen LogP contribution is 2.39. The van der Waals surface area contributed by atoms with Crippen molar-refractivity contribution in [3.8, 4) is 11.5 Å². The summed E-state index contributed by atoms with van der Waals surface area (Å²) in [6.45, 7) is 5.50. The van der Waals surface area contributed by atoms with Crippen molar-refractivity contribution in [3.05, 3.63) is 54.1 Å². The number of carbonyl (C=O) groups excluding carboxylic acids is 1. The maximum Gasteiger partial charge on any atom is 0.244 e. The fourth-order valence-corrected chi connectivity index (χ4v) is 4.95. The van der Waals surface area contributed by atoms with Gasteiger partial charge in [0.1, 0.15) is 23.1 Å². The Hall–Kier alpha value is -2.74. The van der Waals surface area contributed by atoms with Gasteiger partial charge in [0.15, 0.2) is 0 Å².